The molecule has 0 saturated carbocycles. The Morgan fingerprint density at radius 2 is 1.64 bits per heavy atom. The first-order valence-electron chi connectivity index (χ1n) is 7.75. The summed E-state index contributed by atoms with van der Waals surface area (Å²) in [4.78, 5) is 4.32. The average Bonchev–Trinajstić information content (AvgIpc) is 2.62. The second-order valence-electron chi connectivity index (χ2n) is 5.59. The van der Waals surface area contributed by atoms with Gasteiger partial charge >= 0.3 is 0 Å². The molecule has 3 aromatic rings. The number of sulfonamides is 1. The van der Waals surface area contributed by atoms with Gasteiger partial charge < -0.3 is 0 Å². The van der Waals surface area contributed by atoms with E-state index in [1.165, 1.54) is 12.1 Å². The van der Waals surface area contributed by atoms with Crippen molar-refractivity contribution in [1.82, 2.24) is 9.71 Å². The Morgan fingerprint density at radius 3 is 2.32 bits per heavy atom. The van der Waals surface area contributed by atoms with E-state index in [9.17, 15) is 8.42 Å². The van der Waals surface area contributed by atoms with Crippen molar-refractivity contribution >= 4 is 21.6 Å². The van der Waals surface area contributed by atoms with Crippen LogP contribution in [0.5, 0.6) is 0 Å². The minimum absolute atomic E-state index is 0.196. The van der Waals surface area contributed by atoms with Crippen LogP contribution in [-0.2, 0) is 23.0 Å². The van der Waals surface area contributed by atoms with Gasteiger partial charge in [-0.15, -0.1) is 0 Å². The highest BCUT2D eigenvalue weighted by atomic mass is 35.5. The molecule has 1 aromatic heterocycles. The molecule has 6 heteroatoms. The first-order valence-corrected chi connectivity index (χ1v) is 9.62. The van der Waals surface area contributed by atoms with Gasteiger partial charge in [-0.25, -0.2) is 13.1 Å². The van der Waals surface area contributed by atoms with Crippen LogP contribution in [0.25, 0.3) is 0 Å². The van der Waals surface area contributed by atoms with E-state index >= 15 is 0 Å². The van der Waals surface area contributed by atoms with E-state index in [1.54, 1.807) is 18.3 Å². The van der Waals surface area contributed by atoms with E-state index in [2.05, 4.69) is 9.71 Å². The number of nitrogens with one attached hydrogen (secondary N) is 1. The first kappa shape index (κ1) is 17.6. The van der Waals surface area contributed by atoms with Gasteiger partial charge in [-0.3, -0.25) is 4.98 Å². The fourth-order valence-corrected chi connectivity index (χ4v) is 3.63. The largest absolute Gasteiger partial charge is 0.264 e. The van der Waals surface area contributed by atoms with E-state index in [0.29, 0.717) is 11.4 Å². The van der Waals surface area contributed by atoms with E-state index in [-0.39, 0.29) is 11.4 Å². The standard InChI is InChI=1S/C19H17ClN2O2S/c20-18-7-9-19(10-8-18)25(23,24)22-14-17-6-2-1-5-16(17)12-15-4-3-11-21-13-15/h1-11,13,22H,12,14H2. The lowest BCUT2D eigenvalue weighted by molar-refractivity contribution is 0.581. The number of aromatic nitrogens is 1. The molecule has 25 heavy (non-hydrogen) atoms. The molecule has 0 bridgehead atoms. The van der Waals surface area contributed by atoms with Gasteiger partial charge in [-0.2, -0.15) is 0 Å². The van der Waals surface area contributed by atoms with E-state index in [1.807, 2.05) is 42.6 Å². The summed E-state index contributed by atoms with van der Waals surface area (Å²) in [6.07, 6.45) is 4.25. The molecule has 0 atom stereocenters. The van der Waals surface area contributed by atoms with Crippen LogP contribution in [0.1, 0.15) is 16.7 Å². The smallest absolute Gasteiger partial charge is 0.240 e. The number of benzene rings is 2. The van der Waals surface area contributed by atoms with Crippen LogP contribution in [0.15, 0.2) is 78.0 Å². The number of hydrogen-bond acceptors (Lipinski definition) is 3. The number of halogens is 1. The second-order valence-corrected chi connectivity index (χ2v) is 7.79. The molecule has 0 fully saturated rings. The molecule has 0 unspecified atom stereocenters. The van der Waals surface area contributed by atoms with Crippen LogP contribution >= 0.6 is 11.6 Å². The maximum Gasteiger partial charge on any atom is 0.240 e. The van der Waals surface area contributed by atoms with Crippen molar-refractivity contribution in [3.8, 4) is 0 Å². The summed E-state index contributed by atoms with van der Waals surface area (Å²) in [5.74, 6) is 0. The summed E-state index contributed by atoms with van der Waals surface area (Å²) in [5.41, 5.74) is 3.08. The third-order valence-electron chi connectivity index (χ3n) is 3.81. The van der Waals surface area contributed by atoms with E-state index in [4.69, 9.17) is 11.6 Å². The topological polar surface area (TPSA) is 59.1 Å². The van der Waals surface area contributed by atoms with E-state index in [0.717, 1.165) is 16.7 Å². The minimum Gasteiger partial charge on any atom is -0.264 e. The summed E-state index contributed by atoms with van der Waals surface area (Å²) in [5, 5.41) is 0.501. The molecular formula is C19H17ClN2O2S. The predicted octanol–water partition coefficient (Wildman–Crippen LogP) is 3.80. The molecule has 0 aliphatic rings. The monoisotopic (exact) mass is 372 g/mol. The normalized spacial score (nSPS) is 11.4. The van der Waals surface area contributed by atoms with Crippen LogP contribution < -0.4 is 4.72 Å². The van der Waals surface area contributed by atoms with Crippen molar-refractivity contribution < 1.29 is 8.42 Å². The summed E-state index contributed by atoms with van der Waals surface area (Å²) < 4.78 is 27.5. The zero-order chi connectivity index (χ0) is 17.7. The molecular weight excluding hydrogens is 356 g/mol. The van der Waals surface area contributed by atoms with Gasteiger partial charge in [0.25, 0.3) is 0 Å². The highest BCUT2D eigenvalue weighted by molar-refractivity contribution is 7.89. The van der Waals surface area contributed by atoms with Gasteiger partial charge in [0.1, 0.15) is 0 Å². The lowest BCUT2D eigenvalue weighted by atomic mass is 10.0. The number of hydrogen-bond donors (Lipinski definition) is 1. The molecule has 0 aliphatic heterocycles. The number of pyridine rings is 1. The Kier molecular flexibility index (Phi) is 5.48. The SMILES string of the molecule is O=S(=O)(NCc1ccccc1Cc1cccnc1)c1ccc(Cl)cc1. The van der Waals surface area contributed by atoms with Gasteiger partial charge in [0, 0.05) is 24.0 Å². The van der Waals surface area contributed by atoms with Gasteiger partial charge in [-0.1, -0.05) is 41.9 Å². The Labute approximate surface area is 152 Å². The maximum absolute atomic E-state index is 12.4. The van der Waals surface area contributed by atoms with Crippen LogP contribution in [0.3, 0.4) is 0 Å². The fraction of sp³-hybridized carbons (Fsp3) is 0.105. The van der Waals surface area contributed by atoms with Gasteiger partial charge in [0.05, 0.1) is 4.90 Å². The van der Waals surface area contributed by atoms with E-state index < -0.39 is 10.0 Å². The first-order chi connectivity index (χ1) is 12.0. The molecule has 0 amide bonds. The highest BCUT2D eigenvalue weighted by Crippen LogP contribution is 2.17. The molecule has 0 spiro atoms. The maximum atomic E-state index is 12.4. The molecule has 4 nitrogen and oxygen atoms in total. The Morgan fingerprint density at radius 1 is 0.920 bits per heavy atom. The van der Waals surface area contributed by atoms with Gasteiger partial charge in [-0.05, 0) is 53.4 Å². The molecule has 3 rings (SSSR count). The quantitative estimate of drug-likeness (QED) is 0.715. The fourth-order valence-electron chi connectivity index (χ4n) is 2.49. The lowest BCUT2D eigenvalue weighted by Crippen LogP contribution is -2.23. The second kappa shape index (κ2) is 7.78. The summed E-state index contributed by atoms with van der Waals surface area (Å²) >= 11 is 5.81. The van der Waals surface area contributed by atoms with Gasteiger partial charge in [0.2, 0.25) is 10.0 Å². The Bertz CT molecular complexity index is 943. The van der Waals surface area contributed by atoms with Crippen molar-refractivity contribution in [2.75, 3.05) is 0 Å². The lowest BCUT2D eigenvalue weighted by Gasteiger charge is -2.11. The van der Waals surface area contributed by atoms with Crippen molar-refractivity contribution in [2.45, 2.75) is 17.9 Å². The van der Waals surface area contributed by atoms with Crippen molar-refractivity contribution in [3.05, 3.63) is 94.8 Å². The third-order valence-corrected chi connectivity index (χ3v) is 5.48. The summed E-state index contributed by atoms with van der Waals surface area (Å²) in [7, 11) is -3.59. The van der Waals surface area contributed by atoms with Crippen molar-refractivity contribution in [1.29, 1.82) is 0 Å². The van der Waals surface area contributed by atoms with Crippen LogP contribution in [-0.4, -0.2) is 13.4 Å². The Hall–Kier alpha value is -2.21. The summed E-state index contributed by atoms with van der Waals surface area (Å²) in [6.45, 7) is 0.224. The van der Waals surface area contributed by atoms with Crippen molar-refractivity contribution in [3.63, 3.8) is 0 Å². The molecule has 1 heterocycles. The van der Waals surface area contributed by atoms with Gasteiger partial charge in [0.15, 0.2) is 0 Å². The predicted molar refractivity (Wildman–Crippen MR) is 99.0 cm³/mol. The average molecular weight is 373 g/mol. The third kappa shape index (κ3) is 4.66. The molecule has 0 radical (unpaired) electrons. The minimum atomic E-state index is -3.59. The number of nitrogens with zero attached hydrogens (tertiary/aromatic N) is 1. The molecule has 0 aliphatic carbocycles. The molecule has 1 N–H and O–H groups in total. The molecule has 128 valence electrons. The molecule has 2 aromatic carbocycles. The highest BCUT2D eigenvalue weighted by Gasteiger charge is 2.14. The summed E-state index contributed by atoms with van der Waals surface area (Å²) in [6, 6.07) is 17.8. The van der Waals surface area contributed by atoms with Crippen LogP contribution in [0.2, 0.25) is 5.02 Å². The number of rotatable bonds is 6. The Balaban J connectivity index is 1.76. The van der Waals surface area contributed by atoms with Crippen LogP contribution in [0, 0.1) is 0 Å². The molecule has 0 saturated heterocycles. The zero-order valence-corrected chi connectivity index (χ0v) is 15.0. The zero-order valence-electron chi connectivity index (χ0n) is 13.4. The van der Waals surface area contributed by atoms with Crippen molar-refractivity contribution in [2.24, 2.45) is 0 Å². The van der Waals surface area contributed by atoms with Crippen LogP contribution in [0.4, 0.5) is 0 Å².